The summed E-state index contributed by atoms with van der Waals surface area (Å²) < 4.78 is 16.4. The van der Waals surface area contributed by atoms with E-state index >= 15 is 0 Å². The highest BCUT2D eigenvalue weighted by molar-refractivity contribution is 5.92. The quantitative estimate of drug-likeness (QED) is 0.781. The van der Waals surface area contributed by atoms with E-state index in [9.17, 15) is 4.79 Å². The first-order valence-corrected chi connectivity index (χ1v) is 10.6. The number of likely N-dealkylation sites (tertiary alicyclic amines) is 1. The van der Waals surface area contributed by atoms with Crippen LogP contribution in [0.2, 0.25) is 0 Å². The Kier molecular flexibility index (Phi) is 6.81. The minimum Gasteiger partial charge on any atom is -0.497 e. The summed E-state index contributed by atoms with van der Waals surface area (Å²) in [4.78, 5) is 19.6. The van der Waals surface area contributed by atoms with E-state index in [1.807, 2.05) is 24.3 Å². The van der Waals surface area contributed by atoms with E-state index in [-0.39, 0.29) is 11.8 Å². The van der Waals surface area contributed by atoms with Gasteiger partial charge in [0.15, 0.2) is 0 Å². The van der Waals surface area contributed by atoms with Crippen LogP contribution in [-0.4, -0.2) is 55.2 Å². The number of methoxy groups -OCH3 is 1. The maximum absolute atomic E-state index is 12.8. The zero-order valence-electron chi connectivity index (χ0n) is 17.4. The van der Waals surface area contributed by atoms with Gasteiger partial charge in [-0.05, 0) is 50.4 Å². The molecule has 1 atom stereocenters. The van der Waals surface area contributed by atoms with Gasteiger partial charge in [-0.15, -0.1) is 0 Å². The number of pyridine rings is 1. The van der Waals surface area contributed by atoms with Gasteiger partial charge < -0.3 is 19.5 Å². The van der Waals surface area contributed by atoms with E-state index < -0.39 is 0 Å². The minimum atomic E-state index is 0.00862. The van der Waals surface area contributed by atoms with Crippen molar-refractivity contribution in [3.05, 3.63) is 42.6 Å². The molecule has 1 aromatic heterocycles. The van der Waals surface area contributed by atoms with E-state index in [2.05, 4.69) is 15.2 Å². The van der Waals surface area contributed by atoms with Crippen LogP contribution in [0.25, 0.3) is 0 Å². The highest BCUT2D eigenvalue weighted by atomic mass is 16.5. The average molecular weight is 412 g/mol. The number of nitrogens with one attached hydrogen (secondary N) is 1. The molecule has 1 unspecified atom stereocenters. The SMILES string of the molecule is COc1cccc(Oc2ccc(NC(=O)C3CCCN(C4CCOCC4)C3)cn2)c1. The van der Waals surface area contributed by atoms with Crippen LogP contribution in [0.5, 0.6) is 17.4 Å². The molecule has 2 fully saturated rings. The standard InChI is InChI=1S/C23H29N3O4/c1-28-20-5-2-6-21(14-20)30-22-8-7-18(15-24-22)25-23(27)17-4-3-11-26(16-17)19-9-12-29-13-10-19/h2,5-8,14-15,17,19H,3-4,9-13,16H2,1H3,(H,25,27). The fourth-order valence-corrected chi connectivity index (χ4v) is 4.15. The molecule has 3 heterocycles. The topological polar surface area (TPSA) is 72.9 Å². The molecule has 0 radical (unpaired) electrons. The Hall–Kier alpha value is -2.64. The van der Waals surface area contributed by atoms with Crippen molar-refractivity contribution < 1.29 is 19.0 Å². The monoisotopic (exact) mass is 411 g/mol. The molecule has 2 aromatic rings. The zero-order chi connectivity index (χ0) is 20.8. The van der Waals surface area contributed by atoms with Crippen LogP contribution in [0, 0.1) is 5.92 Å². The van der Waals surface area contributed by atoms with Crippen LogP contribution in [0.4, 0.5) is 5.69 Å². The molecule has 1 N–H and O–H groups in total. The van der Waals surface area contributed by atoms with Crippen LogP contribution >= 0.6 is 0 Å². The Balaban J connectivity index is 1.31. The fourth-order valence-electron chi connectivity index (χ4n) is 4.15. The predicted octanol–water partition coefficient (Wildman–Crippen LogP) is 3.71. The second kappa shape index (κ2) is 9.91. The molecule has 0 spiro atoms. The van der Waals surface area contributed by atoms with Crippen LogP contribution in [-0.2, 0) is 9.53 Å². The van der Waals surface area contributed by atoms with Crippen LogP contribution in [0.3, 0.4) is 0 Å². The largest absolute Gasteiger partial charge is 0.497 e. The molecule has 2 aliphatic rings. The molecule has 30 heavy (non-hydrogen) atoms. The van der Waals surface area contributed by atoms with E-state index in [1.54, 1.807) is 25.4 Å². The molecule has 7 nitrogen and oxygen atoms in total. The number of aromatic nitrogens is 1. The maximum atomic E-state index is 12.8. The summed E-state index contributed by atoms with van der Waals surface area (Å²) in [5, 5.41) is 3.02. The third kappa shape index (κ3) is 5.29. The lowest BCUT2D eigenvalue weighted by molar-refractivity contribution is -0.122. The van der Waals surface area contributed by atoms with Crippen molar-refractivity contribution in [3.63, 3.8) is 0 Å². The van der Waals surface area contributed by atoms with Gasteiger partial charge in [0.1, 0.15) is 11.5 Å². The van der Waals surface area contributed by atoms with Crippen molar-refractivity contribution in [2.45, 2.75) is 31.7 Å². The lowest BCUT2D eigenvalue weighted by Crippen LogP contribution is -2.47. The van der Waals surface area contributed by atoms with Crippen molar-refractivity contribution >= 4 is 11.6 Å². The van der Waals surface area contributed by atoms with Crippen molar-refractivity contribution in [2.24, 2.45) is 5.92 Å². The smallest absolute Gasteiger partial charge is 0.228 e. The normalized spacial score (nSPS) is 20.5. The summed E-state index contributed by atoms with van der Waals surface area (Å²) in [6.07, 6.45) is 5.74. The van der Waals surface area contributed by atoms with E-state index in [4.69, 9.17) is 14.2 Å². The summed E-state index contributed by atoms with van der Waals surface area (Å²) in [6, 6.07) is 11.5. The number of nitrogens with zero attached hydrogens (tertiary/aromatic N) is 2. The number of anilines is 1. The predicted molar refractivity (Wildman–Crippen MR) is 114 cm³/mol. The van der Waals surface area contributed by atoms with E-state index in [0.717, 1.165) is 57.7 Å². The number of rotatable bonds is 6. The Morgan fingerprint density at radius 3 is 2.77 bits per heavy atom. The molecule has 1 aromatic carbocycles. The first-order valence-electron chi connectivity index (χ1n) is 10.6. The van der Waals surface area contributed by atoms with E-state index in [0.29, 0.717) is 23.4 Å². The fraction of sp³-hybridized carbons (Fsp3) is 0.478. The number of hydrogen-bond acceptors (Lipinski definition) is 6. The summed E-state index contributed by atoms with van der Waals surface area (Å²) in [6.45, 7) is 3.55. The number of benzene rings is 1. The van der Waals surface area contributed by atoms with Gasteiger partial charge >= 0.3 is 0 Å². The van der Waals surface area contributed by atoms with Crippen LogP contribution in [0.15, 0.2) is 42.6 Å². The summed E-state index contributed by atoms with van der Waals surface area (Å²) in [7, 11) is 1.62. The second-order valence-electron chi connectivity index (χ2n) is 7.83. The molecule has 160 valence electrons. The van der Waals surface area contributed by atoms with Crippen molar-refractivity contribution in [1.82, 2.24) is 9.88 Å². The number of carbonyl (C=O) groups excluding carboxylic acids is 1. The lowest BCUT2D eigenvalue weighted by atomic mass is 9.94. The number of carbonyl (C=O) groups is 1. The Labute approximate surface area is 177 Å². The molecule has 7 heteroatoms. The Morgan fingerprint density at radius 1 is 1.17 bits per heavy atom. The lowest BCUT2D eigenvalue weighted by Gasteiger charge is -2.39. The molecular formula is C23H29N3O4. The van der Waals surface area contributed by atoms with Crippen molar-refractivity contribution in [2.75, 3.05) is 38.7 Å². The molecular weight excluding hydrogens is 382 g/mol. The van der Waals surface area contributed by atoms with Gasteiger partial charge in [-0.1, -0.05) is 6.07 Å². The van der Waals surface area contributed by atoms with Crippen LogP contribution in [0.1, 0.15) is 25.7 Å². The molecule has 2 aliphatic heterocycles. The minimum absolute atomic E-state index is 0.00862. The first-order chi connectivity index (χ1) is 14.7. The third-order valence-electron chi connectivity index (χ3n) is 5.80. The summed E-state index contributed by atoms with van der Waals surface area (Å²) >= 11 is 0. The highest BCUT2D eigenvalue weighted by Crippen LogP contribution is 2.26. The van der Waals surface area contributed by atoms with Gasteiger partial charge in [0.05, 0.1) is 24.9 Å². The highest BCUT2D eigenvalue weighted by Gasteiger charge is 2.30. The number of piperidine rings is 1. The number of hydrogen-bond donors (Lipinski definition) is 1. The van der Waals surface area contributed by atoms with Gasteiger partial charge in [-0.2, -0.15) is 0 Å². The molecule has 4 rings (SSSR count). The average Bonchev–Trinajstić information content (AvgIpc) is 2.81. The molecule has 1 amide bonds. The number of ether oxygens (including phenoxy) is 3. The van der Waals surface area contributed by atoms with Crippen molar-refractivity contribution in [1.29, 1.82) is 0 Å². The van der Waals surface area contributed by atoms with Crippen molar-refractivity contribution in [3.8, 4) is 17.4 Å². The maximum Gasteiger partial charge on any atom is 0.228 e. The van der Waals surface area contributed by atoms with E-state index in [1.165, 1.54) is 0 Å². The number of amides is 1. The second-order valence-corrected chi connectivity index (χ2v) is 7.83. The van der Waals surface area contributed by atoms with Gasteiger partial charge in [0.25, 0.3) is 0 Å². The molecule has 0 saturated carbocycles. The van der Waals surface area contributed by atoms with Gasteiger partial charge in [-0.25, -0.2) is 4.98 Å². The Bertz CT molecular complexity index is 837. The summed E-state index contributed by atoms with van der Waals surface area (Å²) in [5.74, 6) is 1.90. The molecule has 2 saturated heterocycles. The molecule has 0 aliphatic carbocycles. The van der Waals surface area contributed by atoms with Gasteiger partial charge in [0, 0.05) is 37.9 Å². The van der Waals surface area contributed by atoms with Crippen LogP contribution < -0.4 is 14.8 Å². The Morgan fingerprint density at radius 2 is 2.00 bits per heavy atom. The summed E-state index contributed by atoms with van der Waals surface area (Å²) in [5.41, 5.74) is 0.682. The first kappa shape index (κ1) is 20.6. The molecule has 0 bridgehead atoms. The van der Waals surface area contributed by atoms with Gasteiger partial charge in [0.2, 0.25) is 11.8 Å². The zero-order valence-corrected chi connectivity index (χ0v) is 17.4. The van der Waals surface area contributed by atoms with Gasteiger partial charge in [-0.3, -0.25) is 9.69 Å². The third-order valence-corrected chi connectivity index (χ3v) is 5.80.